The van der Waals surface area contributed by atoms with E-state index < -0.39 is 36.4 Å². The van der Waals surface area contributed by atoms with Crippen LogP contribution in [0.3, 0.4) is 0 Å². The van der Waals surface area contributed by atoms with Gasteiger partial charge >= 0.3 is 5.92 Å². The lowest BCUT2D eigenvalue weighted by Crippen LogP contribution is -2.65. The predicted molar refractivity (Wildman–Crippen MR) is 119 cm³/mol. The summed E-state index contributed by atoms with van der Waals surface area (Å²) in [5.41, 5.74) is 0. The number of aldehydes is 1. The molecule has 0 bridgehead atoms. The van der Waals surface area contributed by atoms with Crippen molar-refractivity contribution in [3.63, 3.8) is 0 Å². The predicted octanol–water partition coefficient (Wildman–Crippen LogP) is 4.96. The minimum Gasteiger partial charge on any atom is -0.379 e. The van der Waals surface area contributed by atoms with Gasteiger partial charge in [0.2, 0.25) is 0 Å². The van der Waals surface area contributed by atoms with Crippen molar-refractivity contribution >= 4 is 6.29 Å². The molecular formula is C24H44F2O6. The summed E-state index contributed by atoms with van der Waals surface area (Å²) in [6, 6.07) is 0. The van der Waals surface area contributed by atoms with Crippen molar-refractivity contribution in [2.24, 2.45) is 0 Å². The number of carbonyl (C=O) groups is 1. The lowest BCUT2D eigenvalue weighted by atomic mass is 9.91. The molecule has 1 aliphatic rings. The maximum Gasteiger partial charge on any atom is 0.330 e. The molecule has 6 nitrogen and oxygen atoms in total. The Morgan fingerprint density at radius 1 is 0.750 bits per heavy atom. The summed E-state index contributed by atoms with van der Waals surface area (Å²) in [5, 5.41) is 0. The molecule has 0 N–H and O–H groups in total. The molecule has 1 saturated heterocycles. The third-order valence-electron chi connectivity index (χ3n) is 5.52. The summed E-state index contributed by atoms with van der Waals surface area (Å²) >= 11 is 0. The number of ether oxygens (including phenoxy) is 5. The molecule has 8 heteroatoms. The summed E-state index contributed by atoms with van der Waals surface area (Å²) in [6.45, 7) is 9.86. The molecule has 1 heterocycles. The summed E-state index contributed by atoms with van der Waals surface area (Å²) in [4.78, 5) is 11.3. The zero-order valence-electron chi connectivity index (χ0n) is 20.4. The van der Waals surface area contributed by atoms with Crippen LogP contribution in [0.2, 0.25) is 0 Å². The minimum absolute atomic E-state index is 0.0948. The van der Waals surface area contributed by atoms with Crippen molar-refractivity contribution in [1.82, 2.24) is 0 Å². The first-order chi connectivity index (χ1) is 15.5. The van der Waals surface area contributed by atoms with Gasteiger partial charge in [-0.1, -0.05) is 53.4 Å². The number of rotatable bonds is 19. The van der Waals surface area contributed by atoms with Gasteiger partial charge in [-0.2, -0.15) is 8.78 Å². The van der Waals surface area contributed by atoms with Gasteiger partial charge in [0.1, 0.15) is 24.4 Å². The van der Waals surface area contributed by atoms with E-state index in [2.05, 4.69) is 6.92 Å². The van der Waals surface area contributed by atoms with Crippen molar-refractivity contribution in [2.45, 2.75) is 116 Å². The molecule has 0 aromatic heterocycles. The highest BCUT2D eigenvalue weighted by Gasteiger charge is 2.57. The number of alkyl halides is 2. The van der Waals surface area contributed by atoms with E-state index in [1.165, 1.54) is 0 Å². The van der Waals surface area contributed by atoms with E-state index >= 15 is 0 Å². The van der Waals surface area contributed by atoms with E-state index in [1.54, 1.807) is 0 Å². The van der Waals surface area contributed by atoms with Crippen LogP contribution in [-0.2, 0) is 28.5 Å². The summed E-state index contributed by atoms with van der Waals surface area (Å²) in [5.74, 6) is -3.71. The second kappa shape index (κ2) is 16.9. The maximum atomic E-state index is 14.7. The average Bonchev–Trinajstić information content (AvgIpc) is 2.78. The van der Waals surface area contributed by atoms with E-state index in [-0.39, 0.29) is 19.5 Å². The minimum atomic E-state index is -3.71. The Labute approximate surface area is 192 Å². The van der Waals surface area contributed by atoms with Crippen molar-refractivity contribution in [2.75, 3.05) is 33.0 Å². The molecule has 0 aliphatic carbocycles. The van der Waals surface area contributed by atoms with Gasteiger partial charge in [-0.15, -0.1) is 0 Å². The lowest BCUT2D eigenvalue weighted by molar-refractivity contribution is -0.297. The lowest BCUT2D eigenvalue weighted by Gasteiger charge is -2.47. The van der Waals surface area contributed by atoms with Crippen molar-refractivity contribution in [1.29, 1.82) is 0 Å². The van der Waals surface area contributed by atoms with Gasteiger partial charge in [0.25, 0.3) is 0 Å². The zero-order chi connectivity index (χ0) is 23.8. The summed E-state index contributed by atoms with van der Waals surface area (Å²) in [7, 11) is 0. The van der Waals surface area contributed by atoms with E-state index in [1.807, 2.05) is 20.8 Å². The molecule has 0 spiro atoms. The standard InChI is InChI=1S/C24H44F2O6/c1-5-9-13-28-17-19-20(29-14-10-6-2)21(30-15-11-7-3)22(31-16-12-8-4)23(32-19)24(25,26)18-27/h18-23H,5-17H2,1-4H3/t19-,20-,21+,22-,23-/m1/s1. The molecule has 32 heavy (non-hydrogen) atoms. The third kappa shape index (κ3) is 9.67. The van der Waals surface area contributed by atoms with Crippen LogP contribution in [-0.4, -0.2) is 75.8 Å². The number of hydrogen-bond acceptors (Lipinski definition) is 6. The third-order valence-corrected chi connectivity index (χ3v) is 5.52. The van der Waals surface area contributed by atoms with Gasteiger partial charge in [-0.3, -0.25) is 4.79 Å². The Morgan fingerprint density at radius 2 is 1.22 bits per heavy atom. The molecular weight excluding hydrogens is 422 g/mol. The largest absolute Gasteiger partial charge is 0.379 e. The highest BCUT2D eigenvalue weighted by molar-refractivity contribution is 5.61. The molecule has 190 valence electrons. The van der Waals surface area contributed by atoms with Crippen molar-refractivity contribution in [3.8, 4) is 0 Å². The molecule has 0 amide bonds. The SMILES string of the molecule is CCCCOC[C@H]1O[C@@H](C(F)(F)C=O)[C@H](OCCCC)[C@@H](OCCCC)[C@@H]1OCCCC. The van der Waals surface area contributed by atoms with Gasteiger partial charge in [-0.05, 0) is 25.7 Å². The van der Waals surface area contributed by atoms with Crippen molar-refractivity contribution in [3.05, 3.63) is 0 Å². The topological polar surface area (TPSA) is 63.2 Å². The fourth-order valence-electron chi connectivity index (χ4n) is 3.54. The Kier molecular flexibility index (Phi) is 15.5. The van der Waals surface area contributed by atoms with Crippen LogP contribution in [0.5, 0.6) is 0 Å². The van der Waals surface area contributed by atoms with Crippen molar-refractivity contribution < 1.29 is 37.3 Å². The highest BCUT2D eigenvalue weighted by Crippen LogP contribution is 2.36. The fraction of sp³-hybridized carbons (Fsp3) is 0.958. The smallest absolute Gasteiger partial charge is 0.330 e. The molecule has 0 aromatic rings. The fourth-order valence-corrected chi connectivity index (χ4v) is 3.54. The van der Waals surface area contributed by atoms with Crippen LogP contribution < -0.4 is 0 Å². The molecule has 1 aliphatic heterocycles. The molecule has 0 radical (unpaired) electrons. The van der Waals surface area contributed by atoms with Crippen LogP contribution in [0.4, 0.5) is 8.78 Å². The second-order valence-corrected chi connectivity index (χ2v) is 8.38. The monoisotopic (exact) mass is 466 g/mol. The quantitative estimate of drug-likeness (QED) is 0.198. The van der Waals surface area contributed by atoms with Gasteiger partial charge in [0, 0.05) is 26.4 Å². The van der Waals surface area contributed by atoms with Gasteiger partial charge in [-0.25, -0.2) is 0 Å². The second-order valence-electron chi connectivity index (χ2n) is 8.38. The van der Waals surface area contributed by atoms with E-state index in [0.717, 1.165) is 44.9 Å². The number of unbranched alkanes of at least 4 members (excludes halogenated alkanes) is 4. The molecule has 1 fully saturated rings. The van der Waals surface area contributed by atoms with Gasteiger partial charge < -0.3 is 23.7 Å². The average molecular weight is 467 g/mol. The molecule has 5 atom stereocenters. The Balaban J connectivity index is 3.19. The van der Waals surface area contributed by atoms with Gasteiger partial charge in [0.05, 0.1) is 6.61 Å². The molecule has 0 unspecified atom stereocenters. The maximum absolute atomic E-state index is 14.7. The van der Waals surface area contributed by atoms with Gasteiger partial charge in [0.15, 0.2) is 12.4 Å². The summed E-state index contributed by atoms with van der Waals surface area (Å²) in [6.07, 6.45) is 1.45. The number of carbonyl (C=O) groups excluding carboxylic acids is 1. The summed E-state index contributed by atoms with van der Waals surface area (Å²) < 4.78 is 59.0. The van der Waals surface area contributed by atoms with E-state index in [0.29, 0.717) is 26.2 Å². The van der Waals surface area contributed by atoms with E-state index in [9.17, 15) is 13.6 Å². The van der Waals surface area contributed by atoms with E-state index in [4.69, 9.17) is 23.7 Å². The molecule has 1 rings (SSSR count). The van der Waals surface area contributed by atoms with Crippen LogP contribution in [0.15, 0.2) is 0 Å². The molecule has 0 saturated carbocycles. The first kappa shape index (κ1) is 29.4. The molecule has 0 aromatic carbocycles. The first-order valence-electron chi connectivity index (χ1n) is 12.4. The van der Waals surface area contributed by atoms with Crippen LogP contribution in [0.1, 0.15) is 79.1 Å². The number of hydrogen-bond donors (Lipinski definition) is 0. The van der Waals surface area contributed by atoms with Crippen LogP contribution in [0.25, 0.3) is 0 Å². The Bertz CT molecular complexity index is 479. The Hall–Kier alpha value is -0.670. The first-order valence-corrected chi connectivity index (χ1v) is 12.4. The Morgan fingerprint density at radius 3 is 1.72 bits per heavy atom. The zero-order valence-corrected chi connectivity index (χ0v) is 20.4. The highest BCUT2D eigenvalue weighted by atomic mass is 19.3. The van der Waals surface area contributed by atoms with Crippen LogP contribution in [0, 0.1) is 0 Å². The number of halogens is 2. The van der Waals surface area contributed by atoms with Crippen LogP contribution >= 0.6 is 0 Å². The normalized spacial score (nSPS) is 26.4.